The van der Waals surface area contributed by atoms with Crippen LogP contribution in [0.5, 0.6) is 0 Å². The highest BCUT2D eigenvalue weighted by molar-refractivity contribution is 6.01. The van der Waals surface area contributed by atoms with Crippen LogP contribution < -0.4 is 0 Å². The molecule has 2 aliphatic rings. The van der Waals surface area contributed by atoms with E-state index in [1.807, 2.05) is 26.8 Å². The summed E-state index contributed by atoms with van der Waals surface area (Å²) in [6, 6.07) is 0. The molecule has 1 aliphatic heterocycles. The van der Waals surface area contributed by atoms with Crippen LogP contribution in [0, 0.1) is 11.3 Å². The van der Waals surface area contributed by atoms with E-state index in [0.717, 1.165) is 5.76 Å². The average molecular weight is 322 g/mol. The van der Waals surface area contributed by atoms with E-state index in [4.69, 9.17) is 14.2 Å². The van der Waals surface area contributed by atoms with Gasteiger partial charge in [-0.05, 0) is 24.3 Å². The Morgan fingerprint density at radius 3 is 2.87 bits per heavy atom. The number of carbonyl (C=O) groups excluding carboxylic acids is 2. The van der Waals surface area contributed by atoms with Crippen LogP contribution in [0.3, 0.4) is 0 Å². The van der Waals surface area contributed by atoms with Crippen molar-refractivity contribution in [3.05, 3.63) is 24.5 Å². The summed E-state index contributed by atoms with van der Waals surface area (Å²) in [5, 5.41) is 0. The summed E-state index contributed by atoms with van der Waals surface area (Å²) >= 11 is 0. The Labute approximate surface area is 137 Å². The Bertz CT molecular complexity index is 520. The molecule has 0 radical (unpaired) electrons. The number of allylic oxidation sites excluding steroid dienone is 1. The molecular formula is C18H26O5. The number of esters is 1. The quantitative estimate of drug-likeness (QED) is 0.427. The first-order valence-electron chi connectivity index (χ1n) is 8.10. The molecule has 2 atom stereocenters. The summed E-state index contributed by atoms with van der Waals surface area (Å²) in [7, 11) is 0. The molecule has 0 saturated heterocycles. The number of ketones is 1. The molecule has 5 nitrogen and oxygen atoms in total. The van der Waals surface area contributed by atoms with Crippen LogP contribution in [0.2, 0.25) is 0 Å². The van der Waals surface area contributed by atoms with Gasteiger partial charge in [0, 0.05) is 26.7 Å². The highest BCUT2D eigenvalue weighted by Gasteiger charge is 2.49. The summed E-state index contributed by atoms with van der Waals surface area (Å²) in [5.74, 6) is -0.907. The van der Waals surface area contributed by atoms with Crippen LogP contribution >= 0.6 is 0 Å². The third-order valence-electron chi connectivity index (χ3n) is 4.60. The number of hydrogen-bond donors (Lipinski definition) is 0. The van der Waals surface area contributed by atoms with E-state index in [9.17, 15) is 9.59 Å². The second-order valence-electron chi connectivity index (χ2n) is 6.96. The van der Waals surface area contributed by atoms with Gasteiger partial charge in [0.2, 0.25) is 5.79 Å². The molecule has 0 N–H and O–H groups in total. The van der Waals surface area contributed by atoms with Crippen LogP contribution in [0.15, 0.2) is 24.5 Å². The molecule has 128 valence electrons. The molecule has 0 aromatic rings. The number of ether oxygens (including phenoxy) is 3. The monoisotopic (exact) mass is 322 g/mol. The molecule has 1 aliphatic carbocycles. The van der Waals surface area contributed by atoms with Crippen molar-refractivity contribution < 1.29 is 23.8 Å². The van der Waals surface area contributed by atoms with Crippen molar-refractivity contribution >= 4 is 11.8 Å². The van der Waals surface area contributed by atoms with Gasteiger partial charge in [0.05, 0.1) is 12.4 Å². The fourth-order valence-electron chi connectivity index (χ4n) is 3.28. The Hall–Kier alpha value is -1.62. The third-order valence-corrected chi connectivity index (χ3v) is 4.60. The fourth-order valence-corrected chi connectivity index (χ4v) is 3.28. The van der Waals surface area contributed by atoms with Crippen LogP contribution in [0.25, 0.3) is 0 Å². The van der Waals surface area contributed by atoms with E-state index in [1.165, 1.54) is 6.08 Å². The summed E-state index contributed by atoms with van der Waals surface area (Å²) in [4.78, 5) is 24.4. The largest absolute Gasteiger partial charge is 0.468 e. The van der Waals surface area contributed by atoms with Crippen molar-refractivity contribution in [1.29, 1.82) is 0 Å². The first-order chi connectivity index (χ1) is 10.8. The van der Waals surface area contributed by atoms with Gasteiger partial charge >= 0.3 is 5.97 Å². The van der Waals surface area contributed by atoms with Crippen molar-refractivity contribution in [3.8, 4) is 0 Å². The zero-order valence-corrected chi connectivity index (χ0v) is 14.2. The Balaban J connectivity index is 2.01. The zero-order valence-electron chi connectivity index (χ0n) is 14.2. The van der Waals surface area contributed by atoms with Crippen LogP contribution in [0.1, 0.15) is 46.5 Å². The van der Waals surface area contributed by atoms with Crippen LogP contribution in [0.4, 0.5) is 0 Å². The van der Waals surface area contributed by atoms with E-state index in [-0.39, 0.29) is 17.8 Å². The summed E-state index contributed by atoms with van der Waals surface area (Å²) < 4.78 is 16.4. The molecule has 2 rings (SSSR count). The van der Waals surface area contributed by atoms with Gasteiger partial charge in [0.15, 0.2) is 0 Å². The highest BCUT2D eigenvalue weighted by atomic mass is 16.7. The molecule has 0 aromatic heterocycles. The molecule has 1 fully saturated rings. The van der Waals surface area contributed by atoms with Gasteiger partial charge in [-0.2, -0.15) is 0 Å². The molecule has 1 unspecified atom stereocenters. The normalized spacial score (nSPS) is 29.6. The van der Waals surface area contributed by atoms with Crippen LogP contribution in [-0.2, 0) is 23.8 Å². The van der Waals surface area contributed by atoms with E-state index < -0.39 is 17.7 Å². The number of Topliss-reactive ketones (excluding diaryl/α,β-unsaturated/α-hetero) is 1. The van der Waals surface area contributed by atoms with Gasteiger partial charge in [0.25, 0.3) is 0 Å². The maximum atomic E-state index is 12.2. The highest BCUT2D eigenvalue weighted by Crippen LogP contribution is 2.46. The lowest BCUT2D eigenvalue weighted by Gasteiger charge is -2.34. The summed E-state index contributed by atoms with van der Waals surface area (Å²) in [6.45, 7) is 9.91. The van der Waals surface area contributed by atoms with Gasteiger partial charge in [-0.1, -0.05) is 19.6 Å². The van der Waals surface area contributed by atoms with Gasteiger partial charge in [-0.15, -0.1) is 0 Å². The Kier molecular flexibility index (Phi) is 5.30. The maximum Gasteiger partial charge on any atom is 0.317 e. The summed E-state index contributed by atoms with van der Waals surface area (Å²) in [6.07, 6.45) is 5.94. The molecule has 23 heavy (non-hydrogen) atoms. The minimum atomic E-state index is -0.684. The number of carbonyl (C=O) groups is 2. The second kappa shape index (κ2) is 6.87. The first kappa shape index (κ1) is 17.7. The van der Waals surface area contributed by atoms with E-state index in [2.05, 4.69) is 6.58 Å². The fraction of sp³-hybridized carbons (Fsp3) is 0.667. The second-order valence-corrected chi connectivity index (χ2v) is 6.96. The number of hydrogen-bond acceptors (Lipinski definition) is 5. The average Bonchev–Trinajstić information content (AvgIpc) is 2.78. The molecule has 5 heteroatoms. The lowest BCUT2D eigenvalue weighted by molar-refractivity contribution is -0.198. The lowest BCUT2D eigenvalue weighted by atomic mass is 9.75. The minimum Gasteiger partial charge on any atom is -0.468 e. The van der Waals surface area contributed by atoms with Gasteiger partial charge in [-0.25, -0.2) is 0 Å². The standard InChI is InChI=1S/C18H26O5/c1-5-11-21-16(20)15-14(19)7-10-18(15,4)9-6-13-8-12-22-17(2,3)23-13/h5,8,15H,1,6-7,9-12H2,2-4H3/t15?,18-/m1/s1. The SMILES string of the molecule is C=CCOC(=O)C1C(=O)CC[C@@]1(C)CCC1=CCOC(C)(C)O1. The van der Waals surface area contributed by atoms with E-state index in [0.29, 0.717) is 32.3 Å². The first-order valence-corrected chi connectivity index (χ1v) is 8.10. The molecule has 0 spiro atoms. The predicted octanol–water partition coefficient (Wildman–Crippen LogP) is 3.15. The van der Waals surface area contributed by atoms with Gasteiger partial charge in [0.1, 0.15) is 18.3 Å². The minimum absolute atomic E-state index is 0.0243. The topological polar surface area (TPSA) is 61.8 Å². The maximum absolute atomic E-state index is 12.2. The van der Waals surface area contributed by atoms with Crippen molar-refractivity contribution in [3.63, 3.8) is 0 Å². The van der Waals surface area contributed by atoms with Gasteiger partial charge in [-0.3, -0.25) is 9.59 Å². The van der Waals surface area contributed by atoms with E-state index in [1.54, 1.807) is 0 Å². The number of rotatable bonds is 6. The van der Waals surface area contributed by atoms with Crippen LogP contribution in [-0.4, -0.2) is 30.8 Å². The zero-order chi connectivity index (χ0) is 17.1. The van der Waals surface area contributed by atoms with Crippen molar-refractivity contribution in [2.45, 2.75) is 52.2 Å². The predicted molar refractivity (Wildman–Crippen MR) is 85.4 cm³/mol. The van der Waals surface area contributed by atoms with Crippen molar-refractivity contribution in [1.82, 2.24) is 0 Å². The van der Waals surface area contributed by atoms with Crippen molar-refractivity contribution in [2.24, 2.45) is 11.3 Å². The summed E-state index contributed by atoms with van der Waals surface area (Å²) in [5.41, 5.74) is -0.387. The molecular weight excluding hydrogens is 296 g/mol. The molecule has 1 heterocycles. The Morgan fingerprint density at radius 2 is 2.22 bits per heavy atom. The molecule has 0 aromatic carbocycles. The van der Waals surface area contributed by atoms with E-state index >= 15 is 0 Å². The molecule has 0 bridgehead atoms. The third kappa shape index (κ3) is 4.22. The molecule has 0 amide bonds. The Morgan fingerprint density at radius 1 is 1.48 bits per heavy atom. The molecule has 1 saturated carbocycles. The smallest absolute Gasteiger partial charge is 0.317 e. The van der Waals surface area contributed by atoms with Gasteiger partial charge < -0.3 is 14.2 Å². The lowest BCUT2D eigenvalue weighted by Crippen LogP contribution is -2.35. The van der Waals surface area contributed by atoms with Crippen molar-refractivity contribution in [2.75, 3.05) is 13.2 Å².